The van der Waals surface area contributed by atoms with Gasteiger partial charge in [-0.05, 0) is 30.4 Å². The molecule has 2 aromatic carbocycles. The van der Waals surface area contributed by atoms with Crippen LogP contribution in [0.1, 0.15) is 0 Å². The van der Waals surface area contributed by atoms with E-state index in [1.807, 2.05) is 0 Å². The van der Waals surface area contributed by atoms with Crippen LogP contribution in [0.4, 0.5) is 13.2 Å². The second-order valence-corrected chi connectivity index (χ2v) is 4.92. The molecule has 1 N–H and O–H groups in total. The zero-order chi connectivity index (χ0) is 14.4. The summed E-state index contributed by atoms with van der Waals surface area (Å²) in [7, 11) is 0. The molecule has 0 spiro atoms. The summed E-state index contributed by atoms with van der Waals surface area (Å²) in [6, 6.07) is 6.16. The lowest BCUT2D eigenvalue weighted by atomic mass is 10.2. The summed E-state index contributed by atoms with van der Waals surface area (Å²) >= 11 is 10.8. The minimum absolute atomic E-state index is 0.0828. The molecule has 0 amide bonds. The maximum atomic E-state index is 13.9. The molecule has 3 rings (SSSR count). The zero-order valence-corrected chi connectivity index (χ0v) is 11.3. The number of imidazole rings is 1. The Hall–Kier alpha value is -1.79. The van der Waals surface area contributed by atoms with Crippen LogP contribution in [-0.4, -0.2) is 9.55 Å². The van der Waals surface area contributed by atoms with E-state index >= 15 is 0 Å². The topological polar surface area (TPSA) is 20.7 Å². The summed E-state index contributed by atoms with van der Waals surface area (Å²) in [5.74, 6) is -2.73. The molecule has 0 aliphatic carbocycles. The second-order valence-electron chi connectivity index (χ2n) is 4.12. The predicted octanol–water partition coefficient (Wildman–Crippen LogP) is 4.76. The molecule has 102 valence electrons. The van der Waals surface area contributed by atoms with Crippen molar-refractivity contribution in [3.63, 3.8) is 0 Å². The van der Waals surface area contributed by atoms with Crippen molar-refractivity contribution in [3.8, 4) is 5.69 Å². The second kappa shape index (κ2) is 4.64. The van der Waals surface area contributed by atoms with Gasteiger partial charge in [-0.1, -0.05) is 17.7 Å². The molecule has 0 saturated carbocycles. The smallest absolute Gasteiger partial charge is 0.182 e. The molecule has 0 aliphatic rings. The van der Waals surface area contributed by atoms with Gasteiger partial charge >= 0.3 is 0 Å². The van der Waals surface area contributed by atoms with Crippen molar-refractivity contribution >= 4 is 34.9 Å². The minimum atomic E-state index is -1.06. The van der Waals surface area contributed by atoms with E-state index in [0.29, 0.717) is 5.52 Å². The Labute approximate surface area is 121 Å². The Morgan fingerprint density at radius 3 is 2.60 bits per heavy atom. The van der Waals surface area contributed by atoms with Crippen LogP contribution in [0, 0.1) is 22.2 Å². The molecule has 7 heteroatoms. The summed E-state index contributed by atoms with van der Waals surface area (Å²) in [6.07, 6.45) is 0. The lowest BCUT2D eigenvalue weighted by molar-refractivity contribution is 0.504. The number of aromatic amines is 1. The van der Waals surface area contributed by atoms with Gasteiger partial charge in [0.15, 0.2) is 16.4 Å². The van der Waals surface area contributed by atoms with Gasteiger partial charge in [0.2, 0.25) is 0 Å². The van der Waals surface area contributed by atoms with Gasteiger partial charge in [-0.2, -0.15) is 0 Å². The Bertz CT molecular complexity index is 885. The number of aromatic nitrogens is 2. The first-order valence-corrected chi connectivity index (χ1v) is 6.32. The number of benzene rings is 2. The average molecular weight is 315 g/mol. The van der Waals surface area contributed by atoms with Crippen molar-refractivity contribution in [2.24, 2.45) is 0 Å². The number of halogens is 4. The Kier molecular flexibility index (Phi) is 3.07. The molecule has 3 aromatic rings. The summed E-state index contributed by atoms with van der Waals surface area (Å²) in [5, 5.41) is -0.0828. The fourth-order valence-corrected chi connectivity index (χ4v) is 2.48. The van der Waals surface area contributed by atoms with Crippen LogP contribution in [0.3, 0.4) is 0 Å². The van der Waals surface area contributed by atoms with E-state index in [1.54, 1.807) is 0 Å². The number of nitrogens with one attached hydrogen (secondary N) is 1. The average Bonchev–Trinajstić information content (AvgIpc) is 2.69. The number of nitrogens with zero attached hydrogens (tertiary/aromatic N) is 1. The molecule has 0 radical (unpaired) electrons. The fourth-order valence-electron chi connectivity index (χ4n) is 2.01. The standard InChI is InChI=1S/C13H6ClF3N2S/c14-6-4-9-11(5-8(6)16)19(13(20)18-9)10-3-1-2-7(15)12(10)17/h1-5H,(H,18,20). The van der Waals surface area contributed by atoms with Crippen LogP contribution in [0.15, 0.2) is 30.3 Å². The summed E-state index contributed by atoms with van der Waals surface area (Å²) in [6.45, 7) is 0. The summed E-state index contributed by atoms with van der Waals surface area (Å²) in [4.78, 5) is 2.78. The van der Waals surface area contributed by atoms with Gasteiger partial charge in [0, 0.05) is 6.07 Å². The molecular formula is C13H6ClF3N2S. The summed E-state index contributed by atoms with van der Waals surface area (Å²) in [5.41, 5.74) is 0.620. The van der Waals surface area contributed by atoms with Crippen molar-refractivity contribution in [3.05, 3.63) is 57.6 Å². The van der Waals surface area contributed by atoms with Crippen molar-refractivity contribution in [2.45, 2.75) is 0 Å². The van der Waals surface area contributed by atoms with E-state index in [2.05, 4.69) is 4.98 Å². The van der Waals surface area contributed by atoms with Crippen LogP contribution in [0.25, 0.3) is 16.7 Å². The highest BCUT2D eigenvalue weighted by molar-refractivity contribution is 7.71. The molecule has 0 unspecified atom stereocenters. The molecule has 0 fully saturated rings. The molecule has 2 nitrogen and oxygen atoms in total. The van der Waals surface area contributed by atoms with Gasteiger partial charge in [-0.15, -0.1) is 0 Å². The van der Waals surface area contributed by atoms with Crippen LogP contribution in [-0.2, 0) is 0 Å². The van der Waals surface area contributed by atoms with Crippen LogP contribution < -0.4 is 0 Å². The normalized spacial score (nSPS) is 11.2. The molecule has 1 heterocycles. The van der Waals surface area contributed by atoms with Gasteiger partial charge in [0.1, 0.15) is 5.82 Å². The Morgan fingerprint density at radius 2 is 1.85 bits per heavy atom. The van der Waals surface area contributed by atoms with Crippen LogP contribution in [0.2, 0.25) is 5.02 Å². The Balaban J connectivity index is 2.42. The van der Waals surface area contributed by atoms with Crippen molar-refractivity contribution in [1.29, 1.82) is 0 Å². The van der Waals surface area contributed by atoms with Crippen molar-refractivity contribution < 1.29 is 13.2 Å². The third-order valence-corrected chi connectivity index (χ3v) is 3.47. The highest BCUT2D eigenvalue weighted by Crippen LogP contribution is 2.26. The first-order valence-electron chi connectivity index (χ1n) is 5.53. The summed E-state index contributed by atoms with van der Waals surface area (Å²) < 4.78 is 42.1. The van der Waals surface area contributed by atoms with E-state index in [-0.39, 0.29) is 21.0 Å². The fraction of sp³-hybridized carbons (Fsp3) is 0. The third-order valence-electron chi connectivity index (χ3n) is 2.90. The zero-order valence-electron chi connectivity index (χ0n) is 9.75. The lowest BCUT2D eigenvalue weighted by Crippen LogP contribution is -2.00. The van der Waals surface area contributed by atoms with Crippen molar-refractivity contribution in [2.75, 3.05) is 0 Å². The van der Waals surface area contributed by atoms with Crippen LogP contribution >= 0.6 is 23.8 Å². The number of hydrogen-bond donors (Lipinski definition) is 1. The number of fused-ring (bicyclic) bond motifs is 1. The SMILES string of the molecule is Fc1cc2c(cc1Cl)[nH]c(=S)n2-c1cccc(F)c1F. The molecular weight excluding hydrogens is 309 g/mol. The largest absolute Gasteiger partial charge is 0.330 e. The quantitative estimate of drug-likeness (QED) is 0.642. The molecule has 0 bridgehead atoms. The molecule has 20 heavy (non-hydrogen) atoms. The molecule has 0 saturated heterocycles. The van der Waals surface area contributed by atoms with Gasteiger partial charge in [0.05, 0.1) is 21.7 Å². The van der Waals surface area contributed by atoms with Gasteiger partial charge in [-0.25, -0.2) is 13.2 Å². The number of H-pyrrole nitrogens is 1. The highest BCUT2D eigenvalue weighted by Gasteiger charge is 2.15. The lowest BCUT2D eigenvalue weighted by Gasteiger charge is -2.06. The number of hydrogen-bond acceptors (Lipinski definition) is 1. The maximum absolute atomic E-state index is 13.9. The van der Waals surface area contributed by atoms with E-state index in [1.165, 1.54) is 22.8 Å². The first-order chi connectivity index (χ1) is 9.49. The highest BCUT2D eigenvalue weighted by atomic mass is 35.5. The van der Waals surface area contributed by atoms with Gasteiger partial charge in [-0.3, -0.25) is 4.57 Å². The first kappa shape index (κ1) is 13.2. The monoisotopic (exact) mass is 314 g/mol. The minimum Gasteiger partial charge on any atom is -0.330 e. The molecule has 0 aliphatic heterocycles. The molecule has 0 atom stereocenters. The van der Waals surface area contributed by atoms with E-state index < -0.39 is 17.5 Å². The number of rotatable bonds is 1. The van der Waals surface area contributed by atoms with Crippen LogP contribution in [0.5, 0.6) is 0 Å². The Morgan fingerprint density at radius 1 is 1.10 bits per heavy atom. The predicted molar refractivity (Wildman–Crippen MR) is 73.3 cm³/mol. The van der Waals surface area contributed by atoms with E-state index in [0.717, 1.165) is 12.1 Å². The molecule has 1 aromatic heterocycles. The van der Waals surface area contributed by atoms with Crippen molar-refractivity contribution in [1.82, 2.24) is 9.55 Å². The maximum Gasteiger partial charge on any atom is 0.182 e. The van der Waals surface area contributed by atoms with E-state index in [9.17, 15) is 13.2 Å². The van der Waals surface area contributed by atoms with Gasteiger partial charge in [0.25, 0.3) is 0 Å². The van der Waals surface area contributed by atoms with Gasteiger partial charge < -0.3 is 4.98 Å². The van der Waals surface area contributed by atoms with E-state index in [4.69, 9.17) is 23.8 Å². The third kappa shape index (κ3) is 1.92.